The van der Waals surface area contributed by atoms with Crippen LogP contribution >= 0.6 is 0 Å². The molecular formula is C52H111NO5Si2. The zero-order valence-electron chi connectivity index (χ0n) is 42.4. The van der Waals surface area contributed by atoms with Gasteiger partial charge >= 0.3 is 0 Å². The molecule has 362 valence electrons. The molecule has 60 heavy (non-hydrogen) atoms. The van der Waals surface area contributed by atoms with Crippen LogP contribution in [0.1, 0.15) is 246 Å². The van der Waals surface area contributed by atoms with E-state index in [1.807, 2.05) is 0 Å². The molecule has 0 aromatic carbocycles. The molecule has 0 saturated heterocycles. The maximum Gasteiger partial charge on any atom is 0.190 e. The summed E-state index contributed by atoms with van der Waals surface area (Å²) in [6.07, 6.45) is 43.0. The molecule has 0 aliphatic heterocycles. The molecule has 0 aliphatic rings. The summed E-state index contributed by atoms with van der Waals surface area (Å²) in [4.78, 5) is 2.67. The van der Waals surface area contributed by atoms with Gasteiger partial charge in [0.2, 0.25) is 0 Å². The first-order chi connectivity index (χ1) is 29.1. The molecule has 2 atom stereocenters. The third-order valence-electron chi connectivity index (χ3n) is 12.5. The molecule has 0 heterocycles. The second-order valence-corrected chi connectivity index (χ2v) is 28.4. The number of aliphatic hydroxyl groups is 1. The summed E-state index contributed by atoms with van der Waals surface area (Å²) in [5.74, 6) is 0. The van der Waals surface area contributed by atoms with Crippen molar-refractivity contribution in [3.8, 4) is 0 Å². The van der Waals surface area contributed by atoms with E-state index >= 15 is 0 Å². The summed E-state index contributed by atoms with van der Waals surface area (Å²) in [5, 5.41) is 9.51. The monoisotopic (exact) mass is 886 g/mol. The van der Waals surface area contributed by atoms with Crippen molar-refractivity contribution in [1.82, 2.24) is 4.90 Å². The fourth-order valence-corrected chi connectivity index (χ4v) is 12.7. The van der Waals surface area contributed by atoms with E-state index in [0.29, 0.717) is 6.61 Å². The highest BCUT2D eigenvalue weighted by molar-refractivity contribution is 6.71. The minimum absolute atomic E-state index is 0.0329. The predicted molar refractivity (Wildman–Crippen MR) is 269 cm³/mol. The molecule has 8 heteroatoms. The summed E-state index contributed by atoms with van der Waals surface area (Å²) in [7, 11) is -3.50. The molecule has 1 N–H and O–H groups in total. The Hall–Kier alpha value is 0.194. The van der Waals surface area contributed by atoms with Gasteiger partial charge in [-0.15, -0.1) is 0 Å². The first-order valence-electron chi connectivity index (χ1n) is 27.0. The molecule has 0 rings (SSSR count). The van der Waals surface area contributed by atoms with Gasteiger partial charge in [-0.1, -0.05) is 182 Å². The highest BCUT2D eigenvalue weighted by atomic mass is 28.4. The molecule has 0 aliphatic carbocycles. The summed E-state index contributed by atoms with van der Waals surface area (Å²) in [6.45, 7) is 24.2. The smallest absolute Gasteiger partial charge is 0.190 e. The van der Waals surface area contributed by atoms with E-state index in [1.54, 1.807) is 0 Å². The average Bonchev–Trinajstić information content (AvgIpc) is 3.21. The fraction of sp³-hybridized carbons (Fsp3) is 1.00. The third kappa shape index (κ3) is 42.2. The Kier molecular flexibility index (Phi) is 44.5. The summed E-state index contributed by atoms with van der Waals surface area (Å²) >= 11 is 0. The van der Waals surface area contributed by atoms with Crippen LogP contribution in [0.2, 0.25) is 38.3 Å². The van der Waals surface area contributed by atoms with Crippen LogP contribution in [0, 0.1) is 0 Å². The minimum Gasteiger partial charge on any atom is -0.396 e. The molecule has 0 radical (unpaired) electrons. The number of aliphatic hydroxyl groups excluding tert-OH is 1. The maximum absolute atomic E-state index is 9.51. The lowest BCUT2D eigenvalue weighted by molar-refractivity contribution is -0.0929. The molecule has 0 aromatic rings. The van der Waals surface area contributed by atoms with E-state index in [9.17, 15) is 5.11 Å². The van der Waals surface area contributed by atoms with Crippen LogP contribution in [0.15, 0.2) is 0 Å². The molecule has 6 nitrogen and oxygen atoms in total. The molecule has 0 spiro atoms. The second kappa shape index (κ2) is 44.4. The Morgan fingerprint density at radius 2 is 0.667 bits per heavy atom. The van der Waals surface area contributed by atoms with Crippen molar-refractivity contribution < 1.29 is 23.4 Å². The lowest BCUT2D eigenvalue weighted by Crippen LogP contribution is -2.37. The van der Waals surface area contributed by atoms with Gasteiger partial charge in [-0.05, 0) is 122 Å². The standard InChI is InChI=1S/C52H111NO5Si2/c1-9-13-17-21-23-25-27-37-47-55-51(57-59(5,6)49-39-19-15-11-3)41-31-29-33-43-53(45-35-36-46-54)44-34-30-32-42-52(58-60(7,8)50-40-20-16-12-4)56-48-38-28-26-24-22-18-14-10-2/h51-52,54H,9-50H2,1-8H3. The lowest BCUT2D eigenvalue weighted by Gasteiger charge is -2.30. The summed E-state index contributed by atoms with van der Waals surface area (Å²) < 4.78 is 26.7. The van der Waals surface area contributed by atoms with Gasteiger partial charge in [0.15, 0.2) is 16.6 Å². The van der Waals surface area contributed by atoms with Crippen molar-refractivity contribution in [1.29, 1.82) is 0 Å². The first kappa shape index (κ1) is 60.2. The molecular weight excluding hydrogens is 775 g/mol. The first-order valence-corrected chi connectivity index (χ1v) is 33.3. The fourth-order valence-electron chi connectivity index (χ4n) is 8.47. The van der Waals surface area contributed by atoms with Crippen LogP contribution in [-0.4, -0.2) is 78.7 Å². The molecule has 0 amide bonds. The topological polar surface area (TPSA) is 60.4 Å². The Balaban J connectivity index is 4.93. The van der Waals surface area contributed by atoms with Crippen LogP contribution in [0.25, 0.3) is 0 Å². The highest BCUT2D eigenvalue weighted by Gasteiger charge is 2.28. The summed E-state index contributed by atoms with van der Waals surface area (Å²) in [6, 6.07) is 2.48. The minimum atomic E-state index is -1.75. The molecule has 0 aromatic heterocycles. The van der Waals surface area contributed by atoms with E-state index in [4.69, 9.17) is 18.3 Å². The zero-order valence-corrected chi connectivity index (χ0v) is 44.4. The van der Waals surface area contributed by atoms with Gasteiger partial charge in [-0.2, -0.15) is 0 Å². The van der Waals surface area contributed by atoms with Crippen molar-refractivity contribution in [2.45, 2.75) is 297 Å². The van der Waals surface area contributed by atoms with E-state index in [-0.39, 0.29) is 12.6 Å². The molecule has 0 fully saturated rings. The number of rotatable bonds is 50. The number of nitrogens with zero attached hydrogens (tertiary/aromatic N) is 1. The normalized spacial score (nSPS) is 13.5. The van der Waals surface area contributed by atoms with Gasteiger partial charge in [-0.3, -0.25) is 0 Å². The number of hydrogen-bond acceptors (Lipinski definition) is 6. The quantitative estimate of drug-likeness (QED) is 0.0373. The maximum atomic E-state index is 9.51. The summed E-state index contributed by atoms with van der Waals surface area (Å²) in [5.41, 5.74) is 0. The van der Waals surface area contributed by atoms with E-state index in [2.05, 4.69) is 58.8 Å². The van der Waals surface area contributed by atoms with Crippen molar-refractivity contribution >= 4 is 16.6 Å². The Labute approximate surface area is 379 Å². The number of hydrogen-bond donors (Lipinski definition) is 1. The Morgan fingerprint density at radius 1 is 0.367 bits per heavy atom. The van der Waals surface area contributed by atoms with Gasteiger partial charge in [0.05, 0.1) is 0 Å². The van der Waals surface area contributed by atoms with Crippen LogP contribution in [0.3, 0.4) is 0 Å². The largest absolute Gasteiger partial charge is 0.396 e. The molecule has 0 saturated carbocycles. The molecule has 2 unspecified atom stereocenters. The van der Waals surface area contributed by atoms with Crippen LogP contribution < -0.4 is 0 Å². The van der Waals surface area contributed by atoms with Crippen LogP contribution in [-0.2, 0) is 18.3 Å². The third-order valence-corrected chi connectivity index (χ3v) is 17.4. The Bertz CT molecular complexity index is 787. The van der Waals surface area contributed by atoms with E-state index < -0.39 is 16.6 Å². The van der Waals surface area contributed by atoms with E-state index in [1.165, 1.54) is 192 Å². The SMILES string of the molecule is CCCCCCCCCCOC(CCCCCN(CCCCO)CCCCCC(OCCCCCCCCCC)O[Si](C)(C)CCCCCC)O[Si](C)(C)CCCCCC. The second-order valence-electron chi connectivity index (χ2n) is 19.9. The van der Waals surface area contributed by atoms with Crippen molar-refractivity contribution in [3.05, 3.63) is 0 Å². The van der Waals surface area contributed by atoms with Crippen LogP contribution in [0.4, 0.5) is 0 Å². The Morgan fingerprint density at radius 3 is 1.02 bits per heavy atom. The van der Waals surface area contributed by atoms with Gasteiger partial charge in [0, 0.05) is 19.8 Å². The average molecular weight is 887 g/mol. The molecule has 0 bridgehead atoms. The van der Waals surface area contributed by atoms with Gasteiger partial charge in [0.25, 0.3) is 0 Å². The van der Waals surface area contributed by atoms with Gasteiger partial charge in [-0.25, -0.2) is 0 Å². The predicted octanol–water partition coefficient (Wildman–Crippen LogP) is 16.8. The van der Waals surface area contributed by atoms with Gasteiger partial charge in [0.1, 0.15) is 12.6 Å². The number of unbranched alkanes of at least 4 members (excludes halogenated alkanes) is 25. The lowest BCUT2D eigenvalue weighted by atomic mass is 10.1. The van der Waals surface area contributed by atoms with E-state index in [0.717, 1.165) is 71.4 Å². The highest BCUT2D eigenvalue weighted by Crippen LogP contribution is 2.24. The van der Waals surface area contributed by atoms with Crippen LogP contribution in [0.5, 0.6) is 0 Å². The van der Waals surface area contributed by atoms with Crippen molar-refractivity contribution in [2.24, 2.45) is 0 Å². The number of ether oxygens (including phenoxy) is 2. The van der Waals surface area contributed by atoms with Crippen molar-refractivity contribution in [3.63, 3.8) is 0 Å². The zero-order chi connectivity index (χ0) is 44.3. The van der Waals surface area contributed by atoms with Crippen molar-refractivity contribution in [2.75, 3.05) is 39.5 Å². The van der Waals surface area contributed by atoms with Gasteiger partial charge < -0.3 is 28.3 Å².